The van der Waals surface area contributed by atoms with Crippen LogP contribution in [-0.4, -0.2) is 24.7 Å². The van der Waals surface area contributed by atoms with E-state index in [9.17, 15) is 4.79 Å². The zero-order valence-electron chi connectivity index (χ0n) is 13.2. The summed E-state index contributed by atoms with van der Waals surface area (Å²) < 4.78 is 5.14. The molecule has 0 aromatic carbocycles. The highest BCUT2D eigenvalue weighted by Crippen LogP contribution is 2.30. The topological polar surface area (TPSA) is 38.3 Å². The lowest BCUT2D eigenvalue weighted by atomic mass is 9.80. The summed E-state index contributed by atoms with van der Waals surface area (Å²) in [5.74, 6) is 1.04. The van der Waals surface area contributed by atoms with Crippen molar-refractivity contribution in [3.05, 3.63) is 0 Å². The molecule has 2 unspecified atom stereocenters. The van der Waals surface area contributed by atoms with Crippen LogP contribution in [0.25, 0.3) is 0 Å². The lowest BCUT2D eigenvalue weighted by Gasteiger charge is -2.37. The predicted octanol–water partition coefficient (Wildman–Crippen LogP) is 3.67. The molecule has 2 fully saturated rings. The molecule has 116 valence electrons. The van der Waals surface area contributed by atoms with E-state index in [1.54, 1.807) is 0 Å². The van der Waals surface area contributed by atoms with Crippen molar-refractivity contribution in [3.8, 4) is 0 Å². The molecule has 0 aromatic rings. The second-order valence-corrected chi connectivity index (χ2v) is 6.53. The number of hydrogen-bond acceptors (Lipinski definition) is 3. The minimum atomic E-state index is 0.0232. The summed E-state index contributed by atoms with van der Waals surface area (Å²) in [5.41, 5.74) is 0. The van der Waals surface area contributed by atoms with Crippen LogP contribution in [-0.2, 0) is 9.53 Å². The lowest BCUT2D eigenvalue weighted by Crippen LogP contribution is -2.46. The SMILES string of the molecule is CCOC(=O)C1CCC(NC2CCCCC2CC)CC1. The summed E-state index contributed by atoms with van der Waals surface area (Å²) in [6.45, 7) is 4.72. The quantitative estimate of drug-likeness (QED) is 0.781. The Balaban J connectivity index is 1.74. The molecule has 2 atom stereocenters. The van der Waals surface area contributed by atoms with Crippen molar-refractivity contribution < 1.29 is 9.53 Å². The molecule has 0 saturated heterocycles. The molecule has 0 spiro atoms. The Bertz CT molecular complexity index is 297. The van der Waals surface area contributed by atoms with Gasteiger partial charge in [-0.15, -0.1) is 0 Å². The third kappa shape index (κ3) is 4.21. The summed E-state index contributed by atoms with van der Waals surface area (Å²) in [6.07, 6.45) is 11.1. The van der Waals surface area contributed by atoms with Gasteiger partial charge in [0.2, 0.25) is 0 Å². The Morgan fingerprint density at radius 3 is 2.40 bits per heavy atom. The van der Waals surface area contributed by atoms with Gasteiger partial charge in [-0.25, -0.2) is 0 Å². The van der Waals surface area contributed by atoms with Crippen LogP contribution in [0.1, 0.15) is 71.6 Å². The first-order chi connectivity index (χ1) is 9.74. The molecule has 3 nitrogen and oxygen atoms in total. The largest absolute Gasteiger partial charge is 0.466 e. The Morgan fingerprint density at radius 2 is 1.75 bits per heavy atom. The summed E-state index contributed by atoms with van der Waals surface area (Å²) in [5, 5.41) is 3.90. The zero-order valence-corrected chi connectivity index (χ0v) is 13.2. The van der Waals surface area contributed by atoms with Crippen molar-refractivity contribution in [1.29, 1.82) is 0 Å². The van der Waals surface area contributed by atoms with Crippen molar-refractivity contribution >= 4 is 5.97 Å². The molecule has 0 radical (unpaired) electrons. The summed E-state index contributed by atoms with van der Waals surface area (Å²) in [6, 6.07) is 1.34. The van der Waals surface area contributed by atoms with Crippen molar-refractivity contribution in [2.45, 2.75) is 83.7 Å². The van der Waals surface area contributed by atoms with Gasteiger partial charge < -0.3 is 10.1 Å². The van der Waals surface area contributed by atoms with Crippen LogP contribution >= 0.6 is 0 Å². The second-order valence-electron chi connectivity index (χ2n) is 6.53. The number of hydrogen-bond donors (Lipinski definition) is 1. The van der Waals surface area contributed by atoms with Crippen LogP contribution in [0.2, 0.25) is 0 Å². The molecule has 20 heavy (non-hydrogen) atoms. The van der Waals surface area contributed by atoms with Crippen LogP contribution < -0.4 is 5.32 Å². The highest BCUT2D eigenvalue weighted by atomic mass is 16.5. The fourth-order valence-corrected chi connectivity index (χ4v) is 3.97. The number of esters is 1. The summed E-state index contributed by atoms with van der Waals surface area (Å²) in [4.78, 5) is 11.8. The number of rotatable bonds is 5. The first-order valence-electron chi connectivity index (χ1n) is 8.67. The normalized spacial score (nSPS) is 34.7. The predicted molar refractivity (Wildman–Crippen MR) is 81.6 cm³/mol. The maximum atomic E-state index is 11.8. The Morgan fingerprint density at radius 1 is 1.05 bits per heavy atom. The Hall–Kier alpha value is -0.570. The molecule has 0 aromatic heterocycles. The third-order valence-electron chi connectivity index (χ3n) is 5.23. The minimum absolute atomic E-state index is 0.0232. The van der Waals surface area contributed by atoms with Crippen molar-refractivity contribution in [2.75, 3.05) is 6.61 Å². The first kappa shape index (κ1) is 15.8. The van der Waals surface area contributed by atoms with Gasteiger partial charge in [-0.2, -0.15) is 0 Å². The van der Waals surface area contributed by atoms with Gasteiger partial charge in [0, 0.05) is 12.1 Å². The first-order valence-corrected chi connectivity index (χ1v) is 8.67. The average Bonchev–Trinajstić information content (AvgIpc) is 2.49. The van der Waals surface area contributed by atoms with E-state index in [0.717, 1.165) is 37.6 Å². The van der Waals surface area contributed by atoms with Gasteiger partial charge in [0.25, 0.3) is 0 Å². The number of carbonyl (C=O) groups is 1. The van der Waals surface area contributed by atoms with Crippen LogP contribution in [0, 0.1) is 11.8 Å². The van der Waals surface area contributed by atoms with Gasteiger partial charge in [-0.1, -0.05) is 26.2 Å². The van der Waals surface area contributed by atoms with E-state index in [2.05, 4.69) is 12.2 Å². The van der Waals surface area contributed by atoms with Crippen LogP contribution in [0.3, 0.4) is 0 Å². The maximum absolute atomic E-state index is 11.8. The van der Waals surface area contributed by atoms with E-state index in [4.69, 9.17) is 4.74 Å². The second kappa shape index (κ2) is 8.02. The molecule has 0 amide bonds. The summed E-state index contributed by atoms with van der Waals surface area (Å²) >= 11 is 0. The molecule has 3 heteroatoms. The standard InChI is InChI=1S/C17H31NO2/c1-3-13-7-5-6-8-16(13)18-15-11-9-14(10-12-15)17(19)20-4-2/h13-16,18H,3-12H2,1-2H3. The highest BCUT2D eigenvalue weighted by Gasteiger charge is 2.30. The Labute approximate surface area is 123 Å². The van der Waals surface area contributed by atoms with Gasteiger partial charge in [0.15, 0.2) is 0 Å². The fraction of sp³-hybridized carbons (Fsp3) is 0.941. The lowest BCUT2D eigenvalue weighted by molar-refractivity contribution is -0.149. The Kier molecular flexibility index (Phi) is 6.34. The van der Waals surface area contributed by atoms with Crippen LogP contribution in [0.15, 0.2) is 0 Å². The molecule has 0 heterocycles. The molecular weight excluding hydrogens is 250 g/mol. The van der Waals surface area contributed by atoms with Gasteiger partial charge >= 0.3 is 5.97 Å². The van der Waals surface area contributed by atoms with Crippen molar-refractivity contribution in [3.63, 3.8) is 0 Å². The van der Waals surface area contributed by atoms with Crippen LogP contribution in [0.5, 0.6) is 0 Å². The number of ether oxygens (including phenoxy) is 1. The average molecular weight is 281 g/mol. The fourth-order valence-electron chi connectivity index (χ4n) is 3.97. The van der Waals surface area contributed by atoms with Crippen LogP contribution in [0.4, 0.5) is 0 Å². The van der Waals surface area contributed by atoms with E-state index in [0.29, 0.717) is 12.6 Å². The smallest absolute Gasteiger partial charge is 0.308 e. The molecule has 2 aliphatic rings. The summed E-state index contributed by atoms with van der Waals surface area (Å²) in [7, 11) is 0. The molecular formula is C17H31NO2. The molecule has 0 aliphatic heterocycles. The van der Waals surface area contributed by atoms with E-state index in [1.807, 2.05) is 6.92 Å². The van der Waals surface area contributed by atoms with Gasteiger partial charge in [-0.3, -0.25) is 4.79 Å². The van der Waals surface area contributed by atoms with Crippen molar-refractivity contribution in [1.82, 2.24) is 5.32 Å². The molecule has 2 saturated carbocycles. The van der Waals surface area contributed by atoms with Gasteiger partial charge in [0.1, 0.15) is 0 Å². The molecule has 0 bridgehead atoms. The highest BCUT2D eigenvalue weighted by molar-refractivity contribution is 5.72. The van der Waals surface area contributed by atoms with Crippen molar-refractivity contribution in [2.24, 2.45) is 11.8 Å². The van der Waals surface area contributed by atoms with E-state index in [1.165, 1.54) is 32.1 Å². The van der Waals surface area contributed by atoms with Gasteiger partial charge in [-0.05, 0) is 51.4 Å². The van der Waals surface area contributed by atoms with E-state index >= 15 is 0 Å². The molecule has 2 rings (SSSR count). The van der Waals surface area contributed by atoms with E-state index < -0.39 is 0 Å². The molecule has 1 N–H and O–H groups in total. The minimum Gasteiger partial charge on any atom is -0.466 e. The monoisotopic (exact) mass is 281 g/mol. The van der Waals surface area contributed by atoms with Gasteiger partial charge in [0.05, 0.1) is 12.5 Å². The third-order valence-corrected chi connectivity index (χ3v) is 5.23. The number of carbonyl (C=O) groups excluding carboxylic acids is 1. The van der Waals surface area contributed by atoms with E-state index in [-0.39, 0.29) is 11.9 Å². The maximum Gasteiger partial charge on any atom is 0.308 e. The number of nitrogens with one attached hydrogen (secondary N) is 1. The molecule has 2 aliphatic carbocycles. The zero-order chi connectivity index (χ0) is 14.4.